The average molecular weight is 414 g/mol. The van der Waals surface area contributed by atoms with Crippen molar-refractivity contribution in [3.05, 3.63) is 59.7 Å². The molecule has 1 fully saturated rings. The van der Waals surface area contributed by atoms with Gasteiger partial charge < -0.3 is 24.3 Å². The zero-order chi connectivity index (χ0) is 21.0. The molecule has 0 aromatic heterocycles. The quantitative estimate of drug-likeness (QED) is 0.419. The van der Waals surface area contributed by atoms with Crippen LogP contribution in [0.15, 0.2) is 48.5 Å². The van der Waals surface area contributed by atoms with Gasteiger partial charge in [0.1, 0.15) is 24.7 Å². The topological polar surface area (TPSA) is 66.0 Å². The molecule has 0 saturated heterocycles. The lowest BCUT2D eigenvalue weighted by atomic mass is 10.1. The van der Waals surface area contributed by atoms with Crippen LogP contribution >= 0.6 is 0 Å². The Kier molecular flexibility index (Phi) is 9.00. The molecule has 30 heavy (non-hydrogen) atoms. The Bertz CT molecular complexity index is 771. The molecule has 0 spiro atoms. The second kappa shape index (κ2) is 12.2. The zero-order valence-electron chi connectivity index (χ0n) is 17.6. The summed E-state index contributed by atoms with van der Waals surface area (Å²) >= 11 is 0. The molecular formula is C24H31NO5. The molecule has 1 aliphatic carbocycles. The summed E-state index contributed by atoms with van der Waals surface area (Å²) in [7, 11) is 1.37. The number of hydrogen-bond acceptors (Lipinski definition) is 6. The minimum absolute atomic E-state index is 0.286. The van der Waals surface area contributed by atoms with E-state index >= 15 is 0 Å². The molecule has 1 aliphatic rings. The molecule has 6 nitrogen and oxygen atoms in total. The summed E-state index contributed by atoms with van der Waals surface area (Å²) in [4.78, 5) is 11.8. The SMILES string of the molecule is COC(=O)c1ccccc1COc1ccc(OCCOCCNC2CCCC2)cc1. The molecule has 162 valence electrons. The maximum Gasteiger partial charge on any atom is 0.338 e. The number of carbonyl (C=O) groups excluding carboxylic acids is 1. The van der Waals surface area contributed by atoms with Crippen molar-refractivity contribution < 1.29 is 23.7 Å². The van der Waals surface area contributed by atoms with Crippen LogP contribution in [-0.4, -0.2) is 45.5 Å². The number of hydrogen-bond donors (Lipinski definition) is 1. The summed E-state index contributed by atoms with van der Waals surface area (Å²) in [5.41, 5.74) is 1.29. The first-order chi connectivity index (χ1) is 14.8. The maximum absolute atomic E-state index is 11.8. The van der Waals surface area contributed by atoms with E-state index in [9.17, 15) is 4.79 Å². The van der Waals surface area contributed by atoms with Crippen molar-refractivity contribution in [3.8, 4) is 11.5 Å². The third-order valence-corrected chi connectivity index (χ3v) is 5.17. The van der Waals surface area contributed by atoms with Gasteiger partial charge in [0, 0.05) is 18.2 Å². The highest BCUT2D eigenvalue weighted by Gasteiger charge is 2.13. The van der Waals surface area contributed by atoms with E-state index < -0.39 is 0 Å². The van der Waals surface area contributed by atoms with Crippen molar-refractivity contribution in [2.75, 3.05) is 33.5 Å². The Hall–Kier alpha value is -2.57. The van der Waals surface area contributed by atoms with Crippen LogP contribution in [0.1, 0.15) is 41.6 Å². The standard InChI is InChI=1S/C24H31NO5/c1-27-24(26)23-9-5-2-6-19(23)18-30-22-12-10-21(11-13-22)29-17-16-28-15-14-25-20-7-3-4-8-20/h2,5-6,9-13,20,25H,3-4,7-8,14-18H2,1H3. The maximum atomic E-state index is 11.8. The molecule has 0 bridgehead atoms. The third-order valence-electron chi connectivity index (χ3n) is 5.17. The first-order valence-corrected chi connectivity index (χ1v) is 10.6. The molecule has 0 aliphatic heterocycles. The summed E-state index contributed by atoms with van der Waals surface area (Å²) < 4.78 is 21.9. The minimum Gasteiger partial charge on any atom is -0.491 e. The van der Waals surface area contributed by atoms with Crippen LogP contribution in [0.2, 0.25) is 0 Å². The molecule has 6 heteroatoms. The molecule has 0 amide bonds. The fourth-order valence-electron chi connectivity index (χ4n) is 3.53. The van der Waals surface area contributed by atoms with Gasteiger partial charge >= 0.3 is 5.97 Å². The summed E-state index contributed by atoms with van der Waals surface area (Å²) in [6.45, 7) is 2.97. The van der Waals surface area contributed by atoms with E-state index in [4.69, 9.17) is 18.9 Å². The molecule has 2 aromatic carbocycles. The number of benzene rings is 2. The molecule has 0 atom stereocenters. The van der Waals surface area contributed by atoms with Crippen LogP contribution in [0.3, 0.4) is 0 Å². The van der Waals surface area contributed by atoms with Crippen molar-refractivity contribution in [3.63, 3.8) is 0 Å². The first kappa shape index (κ1) is 22.1. The van der Waals surface area contributed by atoms with Crippen LogP contribution in [-0.2, 0) is 16.1 Å². The van der Waals surface area contributed by atoms with Gasteiger partial charge in [0.2, 0.25) is 0 Å². The van der Waals surface area contributed by atoms with E-state index in [0.717, 1.165) is 17.9 Å². The Morgan fingerprint density at radius 3 is 2.37 bits per heavy atom. The fraction of sp³-hybridized carbons (Fsp3) is 0.458. The van der Waals surface area contributed by atoms with Gasteiger partial charge in [-0.3, -0.25) is 0 Å². The van der Waals surface area contributed by atoms with Gasteiger partial charge in [0.05, 0.1) is 25.9 Å². The van der Waals surface area contributed by atoms with Crippen LogP contribution in [0.4, 0.5) is 0 Å². The molecule has 3 rings (SSSR count). The summed E-state index contributed by atoms with van der Waals surface area (Å²) in [6, 6.07) is 15.4. The minimum atomic E-state index is -0.366. The number of carbonyl (C=O) groups is 1. The van der Waals surface area contributed by atoms with Gasteiger partial charge in [-0.25, -0.2) is 4.79 Å². The normalized spacial score (nSPS) is 13.9. The highest BCUT2D eigenvalue weighted by molar-refractivity contribution is 5.90. The third kappa shape index (κ3) is 7.04. The number of ether oxygens (including phenoxy) is 4. The Morgan fingerprint density at radius 1 is 0.933 bits per heavy atom. The van der Waals surface area contributed by atoms with Gasteiger partial charge in [-0.2, -0.15) is 0 Å². The van der Waals surface area contributed by atoms with Crippen molar-refractivity contribution in [2.45, 2.75) is 38.3 Å². The highest BCUT2D eigenvalue weighted by Crippen LogP contribution is 2.20. The van der Waals surface area contributed by atoms with Crippen LogP contribution < -0.4 is 14.8 Å². The summed E-state index contributed by atoms with van der Waals surface area (Å²) in [5.74, 6) is 1.11. The van der Waals surface area contributed by atoms with E-state index in [1.807, 2.05) is 36.4 Å². The van der Waals surface area contributed by atoms with Crippen LogP contribution in [0.5, 0.6) is 11.5 Å². The van der Waals surface area contributed by atoms with Crippen molar-refractivity contribution >= 4 is 5.97 Å². The smallest absolute Gasteiger partial charge is 0.338 e. The van der Waals surface area contributed by atoms with Gasteiger partial charge in [0.25, 0.3) is 0 Å². The van der Waals surface area contributed by atoms with E-state index in [2.05, 4.69) is 5.32 Å². The van der Waals surface area contributed by atoms with Crippen molar-refractivity contribution in [1.29, 1.82) is 0 Å². The Morgan fingerprint density at radius 2 is 1.63 bits per heavy atom. The predicted molar refractivity (Wildman–Crippen MR) is 115 cm³/mol. The monoisotopic (exact) mass is 413 g/mol. The van der Waals surface area contributed by atoms with Crippen molar-refractivity contribution in [1.82, 2.24) is 5.32 Å². The lowest BCUT2D eigenvalue weighted by Crippen LogP contribution is -2.29. The van der Waals surface area contributed by atoms with Crippen LogP contribution in [0.25, 0.3) is 0 Å². The predicted octanol–water partition coefficient (Wildman–Crippen LogP) is 3.98. The fourth-order valence-corrected chi connectivity index (χ4v) is 3.53. The lowest BCUT2D eigenvalue weighted by Gasteiger charge is -2.12. The number of esters is 1. The molecular weight excluding hydrogens is 382 g/mol. The zero-order valence-corrected chi connectivity index (χ0v) is 17.6. The number of nitrogens with one attached hydrogen (secondary N) is 1. The number of rotatable bonds is 12. The molecule has 1 saturated carbocycles. The first-order valence-electron chi connectivity index (χ1n) is 10.6. The summed E-state index contributed by atoms with van der Waals surface area (Å²) in [6.07, 6.45) is 5.27. The van der Waals surface area contributed by atoms with Gasteiger partial charge in [-0.15, -0.1) is 0 Å². The van der Waals surface area contributed by atoms with E-state index in [1.54, 1.807) is 12.1 Å². The number of methoxy groups -OCH3 is 1. The Labute approximate surface area is 178 Å². The van der Waals surface area contributed by atoms with E-state index in [-0.39, 0.29) is 12.6 Å². The molecule has 1 N–H and O–H groups in total. The Balaban J connectivity index is 1.32. The molecule has 2 aromatic rings. The second-order valence-electron chi connectivity index (χ2n) is 7.31. The summed E-state index contributed by atoms with van der Waals surface area (Å²) in [5, 5.41) is 3.53. The van der Waals surface area contributed by atoms with Gasteiger partial charge in [0.15, 0.2) is 0 Å². The second-order valence-corrected chi connectivity index (χ2v) is 7.31. The van der Waals surface area contributed by atoms with Crippen LogP contribution in [0, 0.1) is 0 Å². The molecule has 0 radical (unpaired) electrons. The molecule has 0 unspecified atom stereocenters. The highest BCUT2D eigenvalue weighted by atomic mass is 16.5. The van der Waals surface area contributed by atoms with Gasteiger partial charge in [-0.1, -0.05) is 31.0 Å². The van der Waals surface area contributed by atoms with Crippen molar-refractivity contribution in [2.24, 2.45) is 0 Å². The van der Waals surface area contributed by atoms with Gasteiger partial charge in [-0.05, 0) is 43.2 Å². The average Bonchev–Trinajstić information content (AvgIpc) is 3.31. The van der Waals surface area contributed by atoms with E-state index in [1.165, 1.54) is 32.8 Å². The lowest BCUT2D eigenvalue weighted by molar-refractivity contribution is 0.0597. The van der Waals surface area contributed by atoms with E-state index in [0.29, 0.717) is 37.2 Å². The molecule has 0 heterocycles. The largest absolute Gasteiger partial charge is 0.491 e.